The van der Waals surface area contributed by atoms with Crippen molar-refractivity contribution in [1.82, 2.24) is 20.0 Å². The van der Waals surface area contributed by atoms with Gasteiger partial charge in [0.1, 0.15) is 6.23 Å². The largest absolute Gasteiger partial charge is 0.357 e. The van der Waals surface area contributed by atoms with E-state index in [1.807, 2.05) is 17.1 Å². The second-order valence-electron chi connectivity index (χ2n) is 9.17. The summed E-state index contributed by atoms with van der Waals surface area (Å²) in [5, 5.41) is 13.2. The van der Waals surface area contributed by atoms with Crippen LogP contribution in [0.25, 0.3) is 33.2 Å². The fourth-order valence-corrected chi connectivity index (χ4v) is 4.28. The van der Waals surface area contributed by atoms with Gasteiger partial charge in [-0.1, -0.05) is 51.1 Å². The lowest BCUT2D eigenvalue weighted by molar-refractivity contribution is -0.0390. The van der Waals surface area contributed by atoms with Crippen LogP contribution >= 0.6 is 0 Å². The highest BCUT2D eigenvalue weighted by Gasteiger charge is 2.21. The summed E-state index contributed by atoms with van der Waals surface area (Å²) < 4.78 is 7.97. The van der Waals surface area contributed by atoms with Crippen molar-refractivity contribution in [1.29, 1.82) is 0 Å². The molecule has 0 radical (unpaired) electrons. The van der Waals surface area contributed by atoms with Gasteiger partial charge in [-0.05, 0) is 47.4 Å². The molecule has 1 fully saturated rings. The first-order valence-corrected chi connectivity index (χ1v) is 10.7. The average Bonchev–Trinajstić information content (AvgIpc) is 3.43. The van der Waals surface area contributed by atoms with Crippen LogP contribution in [0.1, 0.15) is 51.8 Å². The second kappa shape index (κ2) is 7.40. The van der Waals surface area contributed by atoms with Gasteiger partial charge in [-0.15, -0.1) is 0 Å². The van der Waals surface area contributed by atoms with Gasteiger partial charge in [0.25, 0.3) is 0 Å². The highest BCUT2D eigenvalue weighted by Crippen LogP contribution is 2.39. The van der Waals surface area contributed by atoms with Crippen molar-refractivity contribution in [2.45, 2.75) is 51.7 Å². The van der Waals surface area contributed by atoms with E-state index in [-0.39, 0.29) is 11.6 Å². The molecule has 0 amide bonds. The van der Waals surface area contributed by atoms with Crippen molar-refractivity contribution in [2.24, 2.45) is 0 Å². The highest BCUT2D eigenvalue weighted by molar-refractivity contribution is 6.02. The topological polar surface area (TPSA) is 55.7 Å². The molecular formula is C25H28N4O. The Balaban J connectivity index is 1.65. The van der Waals surface area contributed by atoms with Gasteiger partial charge in [0, 0.05) is 35.5 Å². The number of nitrogens with zero attached hydrogens (tertiary/aromatic N) is 3. The maximum atomic E-state index is 5.97. The molecule has 2 aromatic carbocycles. The third-order valence-corrected chi connectivity index (χ3v) is 6.01. The Morgan fingerprint density at radius 2 is 1.87 bits per heavy atom. The molecule has 1 saturated heterocycles. The number of H-pyrrole nitrogens is 1. The number of hydrogen-bond donors (Lipinski definition) is 1. The summed E-state index contributed by atoms with van der Waals surface area (Å²) in [6.07, 6.45) is 9.33. The molecule has 30 heavy (non-hydrogen) atoms. The number of hydrogen-bond acceptors (Lipinski definition) is 3. The van der Waals surface area contributed by atoms with E-state index in [4.69, 9.17) is 9.84 Å². The van der Waals surface area contributed by atoms with E-state index >= 15 is 0 Å². The predicted octanol–water partition coefficient (Wildman–Crippen LogP) is 6.09. The van der Waals surface area contributed by atoms with E-state index < -0.39 is 0 Å². The zero-order valence-electron chi connectivity index (χ0n) is 17.9. The molecule has 5 nitrogen and oxygen atoms in total. The van der Waals surface area contributed by atoms with E-state index in [1.165, 1.54) is 23.1 Å². The molecule has 3 heterocycles. The number of rotatable bonds is 3. The van der Waals surface area contributed by atoms with Crippen molar-refractivity contribution >= 4 is 10.9 Å². The van der Waals surface area contributed by atoms with Gasteiger partial charge in [0.2, 0.25) is 0 Å². The minimum Gasteiger partial charge on any atom is -0.357 e. The summed E-state index contributed by atoms with van der Waals surface area (Å²) in [6, 6.07) is 13.2. The van der Waals surface area contributed by atoms with E-state index in [2.05, 4.69) is 73.6 Å². The fourth-order valence-electron chi connectivity index (χ4n) is 4.28. The summed E-state index contributed by atoms with van der Waals surface area (Å²) in [5.74, 6) is 0. The van der Waals surface area contributed by atoms with Gasteiger partial charge in [0.05, 0.1) is 11.7 Å². The molecule has 0 bridgehead atoms. The number of fused-ring (bicyclic) bond motifs is 1. The summed E-state index contributed by atoms with van der Waals surface area (Å²) in [4.78, 5) is 0. The van der Waals surface area contributed by atoms with Crippen LogP contribution in [0.5, 0.6) is 0 Å². The lowest BCUT2D eigenvalue weighted by atomic mass is 9.85. The predicted molar refractivity (Wildman–Crippen MR) is 120 cm³/mol. The van der Waals surface area contributed by atoms with E-state index in [0.29, 0.717) is 0 Å². The Morgan fingerprint density at radius 3 is 2.53 bits per heavy atom. The number of nitrogens with one attached hydrogen (secondary N) is 1. The van der Waals surface area contributed by atoms with Gasteiger partial charge in [-0.2, -0.15) is 10.2 Å². The maximum Gasteiger partial charge on any atom is 0.150 e. The van der Waals surface area contributed by atoms with Crippen molar-refractivity contribution < 1.29 is 4.74 Å². The lowest BCUT2D eigenvalue weighted by Crippen LogP contribution is -2.18. The molecule has 0 aliphatic carbocycles. The molecule has 1 N–H and O–H groups in total. The molecule has 5 heteroatoms. The average molecular weight is 401 g/mol. The van der Waals surface area contributed by atoms with Gasteiger partial charge >= 0.3 is 0 Å². The first-order valence-electron chi connectivity index (χ1n) is 10.7. The molecule has 0 spiro atoms. The monoisotopic (exact) mass is 400 g/mol. The van der Waals surface area contributed by atoms with Crippen molar-refractivity contribution in [3.8, 4) is 22.3 Å². The maximum absolute atomic E-state index is 5.97. The van der Waals surface area contributed by atoms with E-state index in [0.717, 1.165) is 41.5 Å². The van der Waals surface area contributed by atoms with Crippen LogP contribution in [-0.4, -0.2) is 26.6 Å². The summed E-state index contributed by atoms with van der Waals surface area (Å²) in [7, 11) is 0. The molecule has 1 aliphatic rings. The molecule has 1 aliphatic heterocycles. The van der Waals surface area contributed by atoms with Crippen molar-refractivity contribution in [2.75, 3.05) is 6.61 Å². The van der Waals surface area contributed by atoms with Crippen molar-refractivity contribution in [3.05, 3.63) is 60.6 Å². The third kappa shape index (κ3) is 3.43. The highest BCUT2D eigenvalue weighted by atomic mass is 16.5. The van der Waals surface area contributed by atoms with Crippen LogP contribution in [-0.2, 0) is 10.2 Å². The number of ether oxygens (including phenoxy) is 1. The molecular weight excluding hydrogens is 372 g/mol. The number of aromatic nitrogens is 4. The summed E-state index contributed by atoms with van der Waals surface area (Å²) in [6.45, 7) is 7.53. The Labute approximate surface area is 177 Å². The summed E-state index contributed by atoms with van der Waals surface area (Å²) >= 11 is 0. The van der Waals surface area contributed by atoms with E-state index in [9.17, 15) is 0 Å². The van der Waals surface area contributed by atoms with Crippen LogP contribution in [0.15, 0.2) is 55.0 Å². The zero-order valence-corrected chi connectivity index (χ0v) is 17.9. The van der Waals surface area contributed by atoms with Gasteiger partial charge in [0.15, 0.2) is 0 Å². The van der Waals surface area contributed by atoms with E-state index in [1.54, 1.807) is 0 Å². The smallest absolute Gasteiger partial charge is 0.150 e. The molecule has 154 valence electrons. The van der Waals surface area contributed by atoms with Gasteiger partial charge in [-0.3, -0.25) is 5.10 Å². The molecule has 1 unspecified atom stereocenters. The first-order chi connectivity index (χ1) is 14.5. The van der Waals surface area contributed by atoms with Crippen LogP contribution < -0.4 is 0 Å². The molecule has 0 saturated carbocycles. The number of aromatic amines is 1. The fraction of sp³-hybridized carbons (Fsp3) is 0.360. The van der Waals surface area contributed by atoms with Gasteiger partial charge < -0.3 is 4.74 Å². The third-order valence-electron chi connectivity index (χ3n) is 6.01. The van der Waals surface area contributed by atoms with Crippen LogP contribution in [0.2, 0.25) is 0 Å². The summed E-state index contributed by atoms with van der Waals surface area (Å²) in [5.41, 5.74) is 7.06. The molecule has 5 rings (SSSR count). The minimum atomic E-state index is 0.0258. The van der Waals surface area contributed by atoms with Gasteiger partial charge in [-0.25, -0.2) is 4.68 Å². The Hall–Kier alpha value is -2.92. The normalized spacial score (nSPS) is 17.5. The quantitative estimate of drug-likeness (QED) is 0.453. The van der Waals surface area contributed by atoms with Crippen LogP contribution in [0.4, 0.5) is 0 Å². The second-order valence-corrected chi connectivity index (χ2v) is 9.17. The zero-order chi connectivity index (χ0) is 20.7. The SMILES string of the molecule is CC(C)(C)c1ccc(-c2ccc3nn(C4CCCCO4)cc3c2-c2cn[nH]c2)cc1. The first kappa shape index (κ1) is 19.1. The molecule has 1 atom stereocenters. The minimum absolute atomic E-state index is 0.0258. The molecule has 2 aromatic heterocycles. The van der Waals surface area contributed by atoms with Crippen LogP contribution in [0, 0.1) is 0 Å². The van der Waals surface area contributed by atoms with Crippen molar-refractivity contribution in [3.63, 3.8) is 0 Å². The Kier molecular flexibility index (Phi) is 4.70. The Morgan fingerprint density at radius 1 is 1.03 bits per heavy atom. The van der Waals surface area contributed by atoms with Crippen LogP contribution in [0.3, 0.4) is 0 Å². The Bertz CT molecular complexity index is 1140. The molecule has 4 aromatic rings. The number of benzene rings is 2. The lowest BCUT2D eigenvalue weighted by Gasteiger charge is -2.22. The standard InChI is InChI=1S/C25H28N4O/c1-25(2,3)19-9-7-17(8-10-19)20-11-12-22-21(24(20)18-14-26-27-15-18)16-29(28-22)23-6-4-5-13-30-23/h7-12,14-16,23H,4-6,13H2,1-3H3,(H,26,27).